The third-order valence-electron chi connectivity index (χ3n) is 5.90. The molecule has 0 radical (unpaired) electrons. The SMILES string of the molecule is COc1cccc(C23CCCC2C(=O)N(CC2CC2)C(=O)C3)c1. The van der Waals surface area contributed by atoms with Crippen LogP contribution in [0, 0.1) is 11.8 Å². The number of ether oxygens (including phenoxy) is 1. The molecule has 23 heavy (non-hydrogen) atoms. The second-order valence-electron chi connectivity index (χ2n) is 7.30. The number of carbonyl (C=O) groups is 2. The molecule has 2 unspecified atom stereocenters. The Bertz CT molecular complexity index is 652. The summed E-state index contributed by atoms with van der Waals surface area (Å²) in [6.07, 6.45) is 5.59. The first-order chi connectivity index (χ1) is 11.1. The maximum atomic E-state index is 13.0. The molecule has 2 saturated carbocycles. The van der Waals surface area contributed by atoms with Crippen LogP contribution in [-0.2, 0) is 15.0 Å². The van der Waals surface area contributed by atoms with Gasteiger partial charge in [-0.2, -0.15) is 0 Å². The number of hydrogen-bond donors (Lipinski definition) is 0. The van der Waals surface area contributed by atoms with Gasteiger partial charge in [0.15, 0.2) is 0 Å². The van der Waals surface area contributed by atoms with Crippen molar-refractivity contribution in [2.75, 3.05) is 13.7 Å². The molecule has 1 aromatic rings. The number of rotatable bonds is 4. The van der Waals surface area contributed by atoms with Crippen molar-refractivity contribution >= 4 is 11.8 Å². The van der Waals surface area contributed by atoms with E-state index in [1.807, 2.05) is 18.2 Å². The number of methoxy groups -OCH3 is 1. The second kappa shape index (κ2) is 5.36. The van der Waals surface area contributed by atoms with Gasteiger partial charge in [0.25, 0.3) is 0 Å². The highest BCUT2D eigenvalue weighted by atomic mass is 16.5. The molecule has 0 aromatic heterocycles. The van der Waals surface area contributed by atoms with E-state index in [4.69, 9.17) is 4.74 Å². The van der Waals surface area contributed by atoms with E-state index in [1.54, 1.807) is 12.0 Å². The van der Waals surface area contributed by atoms with E-state index in [1.165, 1.54) is 0 Å². The van der Waals surface area contributed by atoms with Crippen LogP contribution in [-0.4, -0.2) is 30.4 Å². The van der Waals surface area contributed by atoms with Gasteiger partial charge >= 0.3 is 0 Å². The summed E-state index contributed by atoms with van der Waals surface area (Å²) >= 11 is 0. The highest BCUT2D eigenvalue weighted by molar-refractivity contribution is 6.01. The molecule has 0 bridgehead atoms. The highest BCUT2D eigenvalue weighted by Crippen LogP contribution is 2.52. The molecular formula is C19H23NO3. The molecule has 1 aromatic carbocycles. The van der Waals surface area contributed by atoms with Crippen LogP contribution in [0.5, 0.6) is 5.75 Å². The normalized spacial score (nSPS) is 30.5. The van der Waals surface area contributed by atoms with Crippen molar-refractivity contribution in [1.29, 1.82) is 0 Å². The van der Waals surface area contributed by atoms with Crippen LogP contribution in [0.4, 0.5) is 0 Å². The standard InChI is InChI=1S/C19H23NO3/c1-23-15-5-2-4-14(10-15)19-9-3-6-16(19)18(22)20(17(21)11-19)12-13-7-8-13/h2,4-5,10,13,16H,3,6-9,11-12H2,1H3. The Hall–Kier alpha value is -1.84. The lowest BCUT2D eigenvalue weighted by Crippen LogP contribution is -2.54. The van der Waals surface area contributed by atoms with E-state index < -0.39 is 0 Å². The topological polar surface area (TPSA) is 46.6 Å². The highest BCUT2D eigenvalue weighted by Gasteiger charge is 2.55. The maximum absolute atomic E-state index is 13.0. The molecule has 0 N–H and O–H groups in total. The number of piperidine rings is 1. The number of fused-ring (bicyclic) bond motifs is 1. The van der Waals surface area contributed by atoms with Crippen LogP contribution in [0.25, 0.3) is 0 Å². The summed E-state index contributed by atoms with van der Waals surface area (Å²) in [5, 5.41) is 0. The quantitative estimate of drug-likeness (QED) is 0.803. The van der Waals surface area contributed by atoms with Gasteiger partial charge in [-0.15, -0.1) is 0 Å². The molecule has 2 aliphatic carbocycles. The van der Waals surface area contributed by atoms with Gasteiger partial charge in [-0.1, -0.05) is 18.6 Å². The molecule has 1 saturated heterocycles. The zero-order valence-corrected chi connectivity index (χ0v) is 13.6. The fourth-order valence-electron chi connectivity index (χ4n) is 4.45. The Balaban J connectivity index is 1.69. The van der Waals surface area contributed by atoms with Gasteiger partial charge in [-0.3, -0.25) is 14.5 Å². The number of likely N-dealkylation sites (tertiary alicyclic amines) is 1. The minimum absolute atomic E-state index is 0.0165. The summed E-state index contributed by atoms with van der Waals surface area (Å²) < 4.78 is 5.35. The molecule has 122 valence electrons. The predicted molar refractivity (Wildman–Crippen MR) is 86.1 cm³/mol. The summed E-state index contributed by atoms with van der Waals surface area (Å²) in [7, 11) is 1.65. The second-order valence-corrected chi connectivity index (χ2v) is 7.30. The van der Waals surface area contributed by atoms with Crippen molar-refractivity contribution < 1.29 is 14.3 Å². The fourth-order valence-corrected chi connectivity index (χ4v) is 4.45. The van der Waals surface area contributed by atoms with Crippen LogP contribution in [0.2, 0.25) is 0 Å². The van der Waals surface area contributed by atoms with E-state index in [0.29, 0.717) is 18.9 Å². The molecule has 3 aliphatic rings. The molecule has 0 spiro atoms. The molecule has 4 heteroatoms. The van der Waals surface area contributed by atoms with Crippen molar-refractivity contribution in [2.24, 2.45) is 11.8 Å². The third-order valence-corrected chi connectivity index (χ3v) is 5.90. The van der Waals surface area contributed by atoms with E-state index in [0.717, 1.165) is 43.4 Å². The smallest absolute Gasteiger partial charge is 0.233 e. The first kappa shape index (κ1) is 14.7. The van der Waals surface area contributed by atoms with Crippen molar-refractivity contribution in [3.8, 4) is 5.75 Å². The van der Waals surface area contributed by atoms with Crippen LogP contribution in [0.15, 0.2) is 24.3 Å². The lowest BCUT2D eigenvalue weighted by Gasteiger charge is -2.42. The Kier molecular flexibility index (Phi) is 3.43. The summed E-state index contributed by atoms with van der Waals surface area (Å²) in [5.74, 6) is 1.37. The monoisotopic (exact) mass is 313 g/mol. The van der Waals surface area contributed by atoms with Gasteiger partial charge in [0, 0.05) is 24.3 Å². The van der Waals surface area contributed by atoms with Gasteiger partial charge in [0.05, 0.1) is 7.11 Å². The lowest BCUT2D eigenvalue weighted by atomic mass is 9.67. The maximum Gasteiger partial charge on any atom is 0.233 e. The third kappa shape index (κ3) is 2.35. The first-order valence-corrected chi connectivity index (χ1v) is 8.63. The number of amides is 2. The van der Waals surface area contributed by atoms with Crippen LogP contribution >= 0.6 is 0 Å². The van der Waals surface area contributed by atoms with Gasteiger partial charge in [-0.05, 0) is 49.3 Å². The molecule has 1 aliphatic heterocycles. The Morgan fingerprint density at radius 2 is 2.09 bits per heavy atom. The van der Waals surface area contributed by atoms with Crippen molar-refractivity contribution in [1.82, 2.24) is 4.90 Å². The van der Waals surface area contributed by atoms with Crippen molar-refractivity contribution in [2.45, 2.75) is 43.9 Å². The summed E-state index contributed by atoms with van der Waals surface area (Å²) in [5.41, 5.74) is 0.773. The number of benzene rings is 1. The molecule has 2 atom stereocenters. The van der Waals surface area contributed by atoms with Gasteiger partial charge in [-0.25, -0.2) is 0 Å². The number of imide groups is 1. The molecule has 2 amide bonds. The predicted octanol–water partition coefficient (Wildman–Crippen LogP) is 2.90. The zero-order chi connectivity index (χ0) is 16.0. The summed E-state index contributed by atoms with van der Waals surface area (Å²) in [4.78, 5) is 27.3. The Labute approximate surface area is 136 Å². The van der Waals surface area contributed by atoms with E-state index >= 15 is 0 Å². The fraction of sp³-hybridized carbons (Fsp3) is 0.579. The van der Waals surface area contributed by atoms with Gasteiger partial charge in [0.1, 0.15) is 5.75 Å². The largest absolute Gasteiger partial charge is 0.497 e. The van der Waals surface area contributed by atoms with Crippen LogP contribution in [0.3, 0.4) is 0 Å². The van der Waals surface area contributed by atoms with E-state index in [2.05, 4.69) is 6.07 Å². The molecule has 4 rings (SSSR count). The van der Waals surface area contributed by atoms with Gasteiger partial charge < -0.3 is 4.74 Å². The number of carbonyl (C=O) groups excluding carboxylic acids is 2. The molecule has 4 nitrogen and oxygen atoms in total. The molecule has 3 fully saturated rings. The van der Waals surface area contributed by atoms with E-state index in [-0.39, 0.29) is 23.1 Å². The van der Waals surface area contributed by atoms with Crippen LogP contribution < -0.4 is 4.74 Å². The minimum atomic E-state index is -0.317. The first-order valence-electron chi connectivity index (χ1n) is 8.63. The number of hydrogen-bond acceptors (Lipinski definition) is 3. The minimum Gasteiger partial charge on any atom is -0.497 e. The van der Waals surface area contributed by atoms with Gasteiger partial charge in [0.2, 0.25) is 11.8 Å². The lowest BCUT2D eigenvalue weighted by molar-refractivity contribution is -0.155. The summed E-state index contributed by atoms with van der Waals surface area (Å²) in [6, 6.07) is 7.94. The molecular weight excluding hydrogens is 290 g/mol. The zero-order valence-electron chi connectivity index (χ0n) is 13.6. The Morgan fingerprint density at radius 1 is 1.26 bits per heavy atom. The summed E-state index contributed by atoms with van der Waals surface area (Å²) in [6.45, 7) is 0.641. The van der Waals surface area contributed by atoms with E-state index in [9.17, 15) is 9.59 Å². The van der Waals surface area contributed by atoms with Crippen LogP contribution in [0.1, 0.15) is 44.1 Å². The average Bonchev–Trinajstić information content (AvgIpc) is 3.29. The van der Waals surface area contributed by atoms with Crippen molar-refractivity contribution in [3.63, 3.8) is 0 Å². The molecule has 1 heterocycles. The van der Waals surface area contributed by atoms with Crippen molar-refractivity contribution in [3.05, 3.63) is 29.8 Å². The number of nitrogens with zero attached hydrogens (tertiary/aromatic N) is 1. The average molecular weight is 313 g/mol. The Morgan fingerprint density at radius 3 is 2.83 bits per heavy atom.